The van der Waals surface area contributed by atoms with Gasteiger partial charge in [0.2, 0.25) is 0 Å². The molecule has 1 atom stereocenters. The molecule has 21 heavy (non-hydrogen) atoms. The molecular formula is C15H23F3N2O. The molecular weight excluding hydrogens is 281 g/mol. The lowest BCUT2D eigenvalue weighted by molar-refractivity contribution is -0.144. The van der Waals surface area contributed by atoms with Crippen molar-refractivity contribution in [1.29, 1.82) is 0 Å². The number of hydrogen-bond acceptors (Lipinski definition) is 2. The molecule has 0 radical (unpaired) electrons. The average Bonchev–Trinajstić information content (AvgIpc) is 2.42. The summed E-state index contributed by atoms with van der Waals surface area (Å²) in [4.78, 5) is 11.7. The summed E-state index contributed by atoms with van der Waals surface area (Å²) in [5.41, 5.74) is -1.47. The fraction of sp³-hybridized carbons (Fsp3) is 0.667. The van der Waals surface area contributed by atoms with Gasteiger partial charge in [-0.05, 0) is 38.3 Å². The largest absolute Gasteiger partial charge is 0.431 e. The molecule has 0 aliphatic rings. The molecule has 0 saturated carbocycles. The number of halogens is 3. The minimum Gasteiger partial charge on any atom is -0.314 e. The summed E-state index contributed by atoms with van der Waals surface area (Å²) in [5.74, 6) is 0. The summed E-state index contributed by atoms with van der Waals surface area (Å²) in [6, 6.07) is 3.56. The highest BCUT2D eigenvalue weighted by molar-refractivity contribution is 5.10. The smallest absolute Gasteiger partial charge is 0.314 e. The lowest BCUT2D eigenvalue weighted by Gasteiger charge is -2.18. The zero-order valence-corrected chi connectivity index (χ0v) is 12.5. The highest BCUT2D eigenvalue weighted by Crippen LogP contribution is 2.28. The van der Waals surface area contributed by atoms with E-state index in [1.54, 1.807) is 0 Å². The van der Waals surface area contributed by atoms with E-state index in [2.05, 4.69) is 12.2 Å². The number of nitrogens with zero attached hydrogens (tertiary/aromatic N) is 1. The third-order valence-electron chi connectivity index (χ3n) is 3.45. The van der Waals surface area contributed by atoms with E-state index in [9.17, 15) is 18.0 Å². The average molecular weight is 304 g/mol. The number of pyridine rings is 1. The minimum atomic E-state index is -4.50. The number of rotatable bonds is 8. The molecule has 1 aromatic rings. The van der Waals surface area contributed by atoms with Crippen molar-refractivity contribution in [2.45, 2.75) is 58.3 Å². The molecule has 0 spiro atoms. The van der Waals surface area contributed by atoms with E-state index in [0.717, 1.165) is 42.5 Å². The predicted octanol–water partition coefficient (Wildman–Crippen LogP) is 3.43. The maximum Gasteiger partial charge on any atom is 0.431 e. The Morgan fingerprint density at radius 1 is 1.29 bits per heavy atom. The lowest BCUT2D eigenvalue weighted by atomic mass is 10.1. The van der Waals surface area contributed by atoms with Crippen LogP contribution in [0.15, 0.2) is 23.0 Å². The molecule has 1 aromatic heterocycles. The molecule has 0 aliphatic heterocycles. The van der Waals surface area contributed by atoms with Crippen LogP contribution in [-0.4, -0.2) is 17.2 Å². The molecule has 120 valence electrons. The monoisotopic (exact) mass is 304 g/mol. The molecule has 1 heterocycles. The van der Waals surface area contributed by atoms with Crippen molar-refractivity contribution in [1.82, 2.24) is 9.88 Å². The lowest BCUT2D eigenvalue weighted by Crippen LogP contribution is -2.31. The van der Waals surface area contributed by atoms with Gasteiger partial charge in [0.1, 0.15) is 5.69 Å². The summed E-state index contributed by atoms with van der Waals surface area (Å²) >= 11 is 0. The Morgan fingerprint density at radius 3 is 2.57 bits per heavy atom. The van der Waals surface area contributed by atoms with Gasteiger partial charge >= 0.3 is 6.18 Å². The molecule has 0 amide bonds. The van der Waals surface area contributed by atoms with Crippen molar-refractivity contribution in [2.75, 3.05) is 6.54 Å². The van der Waals surface area contributed by atoms with Gasteiger partial charge in [-0.25, -0.2) is 0 Å². The van der Waals surface area contributed by atoms with E-state index in [1.807, 2.05) is 6.92 Å². The van der Waals surface area contributed by atoms with Gasteiger partial charge in [-0.1, -0.05) is 19.9 Å². The molecule has 0 bridgehead atoms. The van der Waals surface area contributed by atoms with E-state index in [-0.39, 0.29) is 6.54 Å². The first kappa shape index (κ1) is 17.8. The van der Waals surface area contributed by atoms with Crippen molar-refractivity contribution >= 4 is 0 Å². The van der Waals surface area contributed by atoms with E-state index >= 15 is 0 Å². The number of aromatic nitrogens is 1. The van der Waals surface area contributed by atoms with Gasteiger partial charge < -0.3 is 9.88 Å². The zero-order valence-electron chi connectivity index (χ0n) is 12.5. The summed E-state index contributed by atoms with van der Waals surface area (Å²) in [7, 11) is 0. The van der Waals surface area contributed by atoms with Gasteiger partial charge in [-0.2, -0.15) is 13.2 Å². The van der Waals surface area contributed by atoms with Crippen LogP contribution in [0.25, 0.3) is 0 Å². The van der Waals surface area contributed by atoms with Crippen molar-refractivity contribution in [3.8, 4) is 0 Å². The second-order valence-corrected chi connectivity index (χ2v) is 5.10. The molecule has 0 aromatic carbocycles. The van der Waals surface area contributed by atoms with Crippen LogP contribution in [0.3, 0.4) is 0 Å². The first-order valence-electron chi connectivity index (χ1n) is 7.40. The maximum absolute atomic E-state index is 12.9. The standard InChI is InChI=1S/C15H23F3N2O/c1-3-10-19-12(4-2)7-6-11-20-13(15(16,17)18)8-5-9-14(20)21/h5,8-9,12,19H,3-4,6-7,10-11H2,1-2H3. The third kappa shape index (κ3) is 5.53. The van der Waals surface area contributed by atoms with E-state index in [4.69, 9.17) is 0 Å². The Morgan fingerprint density at radius 2 is 2.00 bits per heavy atom. The fourth-order valence-corrected chi connectivity index (χ4v) is 2.29. The van der Waals surface area contributed by atoms with Crippen LogP contribution in [0.4, 0.5) is 13.2 Å². The Bertz CT molecular complexity index is 483. The Labute approximate surface area is 123 Å². The fourth-order valence-electron chi connectivity index (χ4n) is 2.29. The highest BCUT2D eigenvalue weighted by atomic mass is 19.4. The molecule has 3 nitrogen and oxygen atoms in total. The number of alkyl halides is 3. The Hall–Kier alpha value is -1.30. The van der Waals surface area contributed by atoms with Crippen molar-refractivity contribution in [2.24, 2.45) is 0 Å². The van der Waals surface area contributed by atoms with Gasteiger partial charge in [0.05, 0.1) is 0 Å². The highest BCUT2D eigenvalue weighted by Gasteiger charge is 2.33. The second-order valence-electron chi connectivity index (χ2n) is 5.10. The van der Waals surface area contributed by atoms with Crippen LogP contribution >= 0.6 is 0 Å². The Balaban J connectivity index is 2.69. The second kappa shape index (κ2) is 8.22. The normalized spacial score (nSPS) is 13.4. The molecule has 1 N–H and O–H groups in total. The topological polar surface area (TPSA) is 34.0 Å². The summed E-state index contributed by atoms with van der Waals surface area (Å²) in [6.07, 6.45) is -1.24. The van der Waals surface area contributed by atoms with E-state index in [1.165, 1.54) is 6.07 Å². The van der Waals surface area contributed by atoms with Gasteiger partial charge in [0.15, 0.2) is 0 Å². The number of nitrogens with one attached hydrogen (secondary N) is 1. The van der Waals surface area contributed by atoms with Crippen molar-refractivity contribution < 1.29 is 13.2 Å². The molecule has 0 aliphatic carbocycles. The minimum absolute atomic E-state index is 0.0961. The summed E-state index contributed by atoms with van der Waals surface area (Å²) in [5, 5.41) is 3.36. The van der Waals surface area contributed by atoms with Crippen LogP contribution in [-0.2, 0) is 12.7 Å². The molecule has 1 unspecified atom stereocenters. The van der Waals surface area contributed by atoms with Crippen LogP contribution in [0.1, 0.15) is 45.2 Å². The predicted molar refractivity (Wildman–Crippen MR) is 77.3 cm³/mol. The van der Waals surface area contributed by atoms with Gasteiger partial charge in [-0.15, -0.1) is 0 Å². The van der Waals surface area contributed by atoms with E-state index in [0.29, 0.717) is 12.5 Å². The van der Waals surface area contributed by atoms with Gasteiger partial charge in [0.25, 0.3) is 5.56 Å². The summed E-state index contributed by atoms with van der Waals surface area (Å²) < 4.78 is 39.5. The molecule has 1 rings (SSSR count). The van der Waals surface area contributed by atoms with Gasteiger partial charge in [0, 0.05) is 18.7 Å². The van der Waals surface area contributed by atoms with Crippen molar-refractivity contribution in [3.63, 3.8) is 0 Å². The van der Waals surface area contributed by atoms with Crippen LogP contribution in [0.2, 0.25) is 0 Å². The van der Waals surface area contributed by atoms with Gasteiger partial charge in [-0.3, -0.25) is 4.79 Å². The van der Waals surface area contributed by atoms with E-state index < -0.39 is 17.4 Å². The summed E-state index contributed by atoms with van der Waals surface area (Å²) in [6.45, 7) is 5.11. The van der Waals surface area contributed by atoms with Crippen LogP contribution in [0, 0.1) is 0 Å². The molecule has 0 saturated heterocycles. The quantitative estimate of drug-likeness (QED) is 0.798. The van der Waals surface area contributed by atoms with Crippen LogP contribution < -0.4 is 10.9 Å². The first-order valence-corrected chi connectivity index (χ1v) is 7.40. The molecule has 6 heteroatoms. The maximum atomic E-state index is 12.9. The Kier molecular flexibility index (Phi) is 6.95. The van der Waals surface area contributed by atoms with Crippen molar-refractivity contribution in [3.05, 3.63) is 34.2 Å². The third-order valence-corrected chi connectivity index (χ3v) is 3.45. The zero-order chi connectivity index (χ0) is 15.9. The van der Waals surface area contributed by atoms with Crippen LogP contribution in [0.5, 0.6) is 0 Å². The first-order chi connectivity index (χ1) is 9.90. The number of hydrogen-bond donors (Lipinski definition) is 1. The SMILES string of the molecule is CCCNC(CC)CCCn1c(C(F)(F)F)cccc1=O. The molecule has 0 fully saturated rings.